The fourth-order valence-corrected chi connectivity index (χ4v) is 4.07. The van der Waals surface area contributed by atoms with Crippen LogP contribution < -0.4 is 0 Å². The molecule has 4 rings (SSSR count). The van der Waals surface area contributed by atoms with Crippen molar-refractivity contribution in [3.05, 3.63) is 48.1 Å². The highest BCUT2D eigenvalue weighted by Gasteiger charge is 2.15. The highest BCUT2D eigenvalue weighted by atomic mass is 15.1. The maximum atomic E-state index is 4.80. The van der Waals surface area contributed by atoms with E-state index in [0.717, 1.165) is 60.0 Å². The Morgan fingerprint density at radius 2 is 1.93 bits per heavy atom. The van der Waals surface area contributed by atoms with Gasteiger partial charge < -0.3 is 9.47 Å². The van der Waals surface area contributed by atoms with E-state index in [1.54, 1.807) is 0 Å². The van der Waals surface area contributed by atoms with E-state index < -0.39 is 0 Å². The summed E-state index contributed by atoms with van der Waals surface area (Å²) in [5, 5.41) is 0. The van der Waals surface area contributed by atoms with Gasteiger partial charge >= 0.3 is 0 Å². The summed E-state index contributed by atoms with van der Waals surface area (Å²) in [5.74, 6) is 1.83. The molecule has 0 amide bonds. The van der Waals surface area contributed by atoms with Gasteiger partial charge in [0.05, 0.1) is 23.7 Å². The van der Waals surface area contributed by atoms with Crippen LogP contribution in [0.4, 0.5) is 0 Å². The molecule has 0 bridgehead atoms. The first-order chi connectivity index (χ1) is 14.1. The molecule has 1 aliphatic rings. The molecule has 0 saturated carbocycles. The lowest BCUT2D eigenvalue weighted by Crippen LogP contribution is -2.33. The zero-order chi connectivity index (χ0) is 20.2. The first kappa shape index (κ1) is 20.0. The molecule has 29 heavy (non-hydrogen) atoms. The molecular weight excluding hydrogens is 360 g/mol. The van der Waals surface area contributed by atoms with Gasteiger partial charge in [-0.1, -0.05) is 6.92 Å². The van der Waals surface area contributed by atoms with Crippen molar-refractivity contribution in [2.45, 2.75) is 58.9 Å². The number of aryl methyl sites for hydroxylation is 1. The van der Waals surface area contributed by atoms with E-state index in [-0.39, 0.29) is 0 Å². The maximum Gasteiger partial charge on any atom is 0.128 e. The number of piperidine rings is 1. The van der Waals surface area contributed by atoms with Crippen molar-refractivity contribution in [2.75, 3.05) is 19.6 Å². The molecule has 0 N–H and O–H groups in total. The molecular formula is C23H32N6. The second kappa shape index (κ2) is 8.99. The van der Waals surface area contributed by atoms with Gasteiger partial charge in [0.15, 0.2) is 0 Å². The normalized spacial score (nSPS) is 16.1. The smallest absolute Gasteiger partial charge is 0.128 e. The van der Waals surface area contributed by atoms with Gasteiger partial charge in [0.2, 0.25) is 0 Å². The minimum atomic E-state index is 0.379. The Balaban J connectivity index is 1.37. The molecule has 0 aliphatic carbocycles. The second-order valence-electron chi connectivity index (χ2n) is 8.68. The topological polar surface area (TPSA) is 59.7 Å². The third-order valence-electron chi connectivity index (χ3n) is 5.95. The van der Waals surface area contributed by atoms with Crippen molar-refractivity contribution in [3.63, 3.8) is 0 Å². The van der Waals surface area contributed by atoms with E-state index in [1.807, 2.05) is 24.8 Å². The van der Waals surface area contributed by atoms with Crippen LogP contribution in [0.25, 0.3) is 11.0 Å². The summed E-state index contributed by atoms with van der Waals surface area (Å²) < 4.78 is 2.19. The molecule has 6 nitrogen and oxygen atoms in total. The van der Waals surface area contributed by atoms with E-state index in [4.69, 9.17) is 4.98 Å². The van der Waals surface area contributed by atoms with Crippen molar-refractivity contribution in [3.8, 4) is 0 Å². The second-order valence-corrected chi connectivity index (χ2v) is 8.68. The average molecular weight is 393 g/mol. The summed E-state index contributed by atoms with van der Waals surface area (Å²) in [6.07, 6.45) is 11.1. The zero-order valence-electron chi connectivity index (χ0n) is 17.9. The molecule has 0 aromatic carbocycles. The van der Waals surface area contributed by atoms with Crippen molar-refractivity contribution in [1.82, 2.24) is 29.4 Å². The molecule has 3 aromatic heterocycles. The van der Waals surface area contributed by atoms with Crippen molar-refractivity contribution < 1.29 is 0 Å². The monoisotopic (exact) mass is 392 g/mol. The van der Waals surface area contributed by atoms with Crippen LogP contribution in [-0.2, 0) is 12.8 Å². The third kappa shape index (κ3) is 4.99. The summed E-state index contributed by atoms with van der Waals surface area (Å²) in [6.45, 7) is 10.3. The summed E-state index contributed by atoms with van der Waals surface area (Å²) in [4.78, 5) is 20.9. The number of nitrogens with zero attached hydrogens (tertiary/aromatic N) is 6. The van der Waals surface area contributed by atoms with E-state index in [2.05, 4.69) is 51.3 Å². The van der Waals surface area contributed by atoms with E-state index in [1.165, 1.54) is 25.9 Å². The van der Waals surface area contributed by atoms with Crippen LogP contribution in [0.1, 0.15) is 63.3 Å². The Labute approximate surface area is 173 Å². The highest BCUT2D eigenvalue weighted by molar-refractivity contribution is 5.74. The predicted octanol–water partition coefficient (Wildman–Crippen LogP) is 4.06. The van der Waals surface area contributed by atoms with E-state index in [9.17, 15) is 0 Å². The summed E-state index contributed by atoms with van der Waals surface area (Å²) in [7, 11) is 0. The van der Waals surface area contributed by atoms with Gasteiger partial charge in [-0.05, 0) is 70.8 Å². The minimum Gasteiger partial charge on any atom is -0.328 e. The summed E-state index contributed by atoms with van der Waals surface area (Å²) >= 11 is 0. The number of hydrogen-bond acceptors (Lipinski definition) is 5. The standard InChI is InChI=1S/C23H32N6/c1-17(2)29-16-26-21-15-25-20(14-22(21)29)13-19-6-9-24-23(27-19)5-4-10-28-11-7-18(3)8-12-28/h6,9,14-18H,4-5,7-8,10-13H2,1-3H3. The number of fused-ring (bicyclic) bond motifs is 1. The van der Waals surface area contributed by atoms with Crippen LogP contribution in [0.2, 0.25) is 0 Å². The van der Waals surface area contributed by atoms with Crippen molar-refractivity contribution in [1.29, 1.82) is 0 Å². The van der Waals surface area contributed by atoms with E-state index in [0.29, 0.717) is 6.04 Å². The highest BCUT2D eigenvalue weighted by Crippen LogP contribution is 2.19. The number of likely N-dealkylation sites (tertiary alicyclic amines) is 1. The number of rotatable bonds is 7. The van der Waals surface area contributed by atoms with Crippen LogP contribution in [0.3, 0.4) is 0 Å². The third-order valence-corrected chi connectivity index (χ3v) is 5.95. The first-order valence-electron chi connectivity index (χ1n) is 10.9. The Kier molecular flexibility index (Phi) is 6.19. The molecule has 0 unspecified atom stereocenters. The van der Waals surface area contributed by atoms with Gasteiger partial charge in [0.1, 0.15) is 11.3 Å². The van der Waals surface area contributed by atoms with Crippen LogP contribution in [0.15, 0.2) is 30.9 Å². The zero-order valence-corrected chi connectivity index (χ0v) is 17.9. The first-order valence-corrected chi connectivity index (χ1v) is 10.9. The largest absolute Gasteiger partial charge is 0.328 e. The Bertz CT molecular complexity index is 939. The molecule has 0 radical (unpaired) electrons. The lowest BCUT2D eigenvalue weighted by Gasteiger charge is -2.29. The Hall–Kier alpha value is -2.34. The molecule has 0 spiro atoms. The SMILES string of the molecule is CC1CCN(CCCc2nccc(Cc3cc4c(cn3)ncn4C(C)C)n2)CC1. The molecule has 1 saturated heterocycles. The Morgan fingerprint density at radius 1 is 1.10 bits per heavy atom. The molecule has 1 fully saturated rings. The number of imidazole rings is 1. The van der Waals surface area contributed by atoms with Crippen LogP contribution in [0, 0.1) is 5.92 Å². The minimum absolute atomic E-state index is 0.379. The lowest BCUT2D eigenvalue weighted by molar-refractivity contribution is 0.190. The van der Waals surface area contributed by atoms with Crippen LogP contribution >= 0.6 is 0 Å². The lowest BCUT2D eigenvalue weighted by atomic mass is 9.99. The number of aromatic nitrogens is 5. The van der Waals surface area contributed by atoms with Crippen LogP contribution in [-0.4, -0.2) is 49.0 Å². The Morgan fingerprint density at radius 3 is 2.72 bits per heavy atom. The van der Waals surface area contributed by atoms with Gasteiger partial charge in [0, 0.05) is 30.8 Å². The summed E-state index contributed by atoms with van der Waals surface area (Å²) in [5.41, 5.74) is 4.13. The molecule has 4 heterocycles. The van der Waals surface area contributed by atoms with E-state index >= 15 is 0 Å². The van der Waals surface area contributed by atoms with Crippen molar-refractivity contribution >= 4 is 11.0 Å². The summed E-state index contributed by atoms with van der Waals surface area (Å²) in [6, 6.07) is 4.52. The van der Waals surface area contributed by atoms with Gasteiger partial charge in [0.25, 0.3) is 0 Å². The predicted molar refractivity (Wildman–Crippen MR) is 116 cm³/mol. The van der Waals surface area contributed by atoms with Gasteiger partial charge in [-0.25, -0.2) is 15.0 Å². The number of hydrogen-bond donors (Lipinski definition) is 0. The maximum absolute atomic E-state index is 4.80. The van der Waals surface area contributed by atoms with Gasteiger partial charge in [-0.2, -0.15) is 0 Å². The van der Waals surface area contributed by atoms with Gasteiger partial charge in [-0.15, -0.1) is 0 Å². The fourth-order valence-electron chi connectivity index (χ4n) is 4.07. The van der Waals surface area contributed by atoms with Crippen molar-refractivity contribution in [2.24, 2.45) is 5.92 Å². The molecule has 1 aliphatic heterocycles. The number of pyridine rings is 1. The molecule has 3 aromatic rings. The molecule has 0 atom stereocenters. The van der Waals surface area contributed by atoms with Crippen LogP contribution in [0.5, 0.6) is 0 Å². The van der Waals surface area contributed by atoms with Gasteiger partial charge in [-0.3, -0.25) is 4.98 Å². The molecule has 6 heteroatoms. The fraction of sp³-hybridized carbons (Fsp3) is 0.565. The quantitative estimate of drug-likeness (QED) is 0.607. The molecule has 154 valence electrons. The average Bonchev–Trinajstić information content (AvgIpc) is 3.13.